The number of hydrogen-bond donors (Lipinski definition) is 2. The number of benzene rings is 1. The van der Waals surface area contributed by atoms with E-state index in [1.54, 1.807) is 6.07 Å². The Morgan fingerprint density at radius 3 is 2.42 bits per heavy atom. The maximum Gasteiger partial charge on any atom is 0.416 e. The normalized spacial score (nSPS) is 12.1. The van der Waals surface area contributed by atoms with Gasteiger partial charge in [0.2, 0.25) is 0 Å². The lowest BCUT2D eigenvalue weighted by Gasteiger charge is -2.13. The Morgan fingerprint density at radius 1 is 1.11 bits per heavy atom. The van der Waals surface area contributed by atoms with Crippen LogP contribution in [0.3, 0.4) is 0 Å². The van der Waals surface area contributed by atoms with Crippen molar-refractivity contribution in [2.45, 2.75) is 39.0 Å². The zero-order valence-corrected chi connectivity index (χ0v) is 11.3. The van der Waals surface area contributed by atoms with Gasteiger partial charge in [0.15, 0.2) is 0 Å². The van der Waals surface area contributed by atoms with E-state index in [-0.39, 0.29) is 6.54 Å². The molecule has 19 heavy (non-hydrogen) atoms. The summed E-state index contributed by atoms with van der Waals surface area (Å²) < 4.78 is 38.2. The fourth-order valence-corrected chi connectivity index (χ4v) is 1.78. The largest absolute Gasteiger partial charge is 0.416 e. The molecule has 0 amide bonds. The van der Waals surface area contributed by atoms with Crippen LogP contribution in [0.25, 0.3) is 0 Å². The average molecular weight is 274 g/mol. The van der Waals surface area contributed by atoms with Crippen LogP contribution in [0, 0.1) is 0 Å². The van der Waals surface area contributed by atoms with Crippen LogP contribution in [-0.2, 0) is 12.7 Å². The van der Waals surface area contributed by atoms with Crippen LogP contribution in [0.2, 0.25) is 0 Å². The Kier molecular flexibility index (Phi) is 6.31. The van der Waals surface area contributed by atoms with Gasteiger partial charge in [-0.15, -0.1) is 0 Å². The molecule has 0 heterocycles. The fraction of sp³-hybridized carbons (Fsp3) is 0.571. The highest BCUT2D eigenvalue weighted by atomic mass is 19.4. The topological polar surface area (TPSA) is 24.1 Å². The lowest BCUT2D eigenvalue weighted by Crippen LogP contribution is -2.27. The maximum absolute atomic E-state index is 12.7. The van der Waals surface area contributed by atoms with E-state index in [4.69, 9.17) is 0 Å². The molecule has 0 fully saturated rings. The van der Waals surface area contributed by atoms with E-state index in [2.05, 4.69) is 24.5 Å². The third-order valence-electron chi connectivity index (χ3n) is 2.72. The van der Waals surface area contributed by atoms with Gasteiger partial charge in [0.05, 0.1) is 5.56 Å². The van der Waals surface area contributed by atoms with Crippen LogP contribution in [0.4, 0.5) is 13.2 Å². The summed E-state index contributed by atoms with van der Waals surface area (Å²) in [6.07, 6.45) is -3.39. The lowest BCUT2D eigenvalue weighted by molar-refractivity contribution is -0.138. The summed E-state index contributed by atoms with van der Waals surface area (Å²) in [6, 6.07) is 6.12. The molecule has 1 aromatic rings. The second-order valence-corrected chi connectivity index (χ2v) is 4.79. The first kappa shape index (κ1) is 16.0. The number of rotatable bonds is 7. The Labute approximate surface area is 112 Å². The van der Waals surface area contributed by atoms with Gasteiger partial charge in [0.1, 0.15) is 0 Å². The molecule has 0 saturated heterocycles. The fourth-order valence-electron chi connectivity index (χ4n) is 1.78. The molecule has 0 atom stereocenters. The molecule has 108 valence electrons. The van der Waals surface area contributed by atoms with Crippen molar-refractivity contribution in [3.63, 3.8) is 0 Å². The first-order chi connectivity index (χ1) is 8.91. The Hall–Kier alpha value is -1.07. The molecule has 5 heteroatoms. The van der Waals surface area contributed by atoms with Gasteiger partial charge in [-0.3, -0.25) is 0 Å². The van der Waals surface area contributed by atoms with Crippen LogP contribution < -0.4 is 10.6 Å². The zero-order valence-electron chi connectivity index (χ0n) is 11.3. The summed E-state index contributed by atoms with van der Waals surface area (Å²) in [5, 5.41) is 6.31. The smallest absolute Gasteiger partial charge is 0.314 e. The monoisotopic (exact) mass is 274 g/mol. The minimum absolute atomic E-state index is 0.247. The Balaban J connectivity index is 2.37. The molecule has 0 saturated carbocycles. The van der Waals surface area contributed by atoms with Gasteiger partial charge in [0.25, 0.3) is 0 Å². The van der Waals surface area contributed by atoms with Gasteiger partial charge in [0, 0.05) is 12.6 Å². The molecule has 0 unspecified atom stereocenters. The van der Waals surface area contributed by atoms with Crippen molar-refractivity contribution in [2.75, 3.05) is 13.1 Å². The van der Waals surface area contributed by atoms with Crippen molar-refractivity contribution in [3.05, 3.63) is 35.4 Å². The van der Waals surface area contributed by atoms with E-state index in [1.165, 1.54) is 12.1 Å². The van der Waals surface area contributed by atoms with E-state index in [1.807, 2.05) is 0 Å². The molecule has 0 spiro atoms. The molecule has 1 aromatic carbocycles. The zero-order chi connectivity index (χ0) is 14.3. The van der Waals surface area contributed by atoms with E-state index < -0.39 is 11.7 Å². The first-order valence-corrected chi connectivity index (χ1v) is 6.50. The van der Waals surface area contributed by atoms with Gasteiger partial charge in [-0.05, 0) is 31.1 Å². The second kappa shape index (κ2) is 7.50. The second-order valence-electron chi connectivity index (χ2n) is 4.79. The third kappa shape index (κ3) is 6.07. The Morgan fingerprint density at radius 2 is 1.79 bits per heavy atom. The molecule has 0 aliphatic heterocycles. The van der Waals surface area contributed by atoms with E-state index in [0.29, 0.717) is 18.2 Å². The first-order valence-electron chi connectivity index (χ1n) is 6.50. The van der Waals surface area contributed by atoms with Gasteiger partial charge in [-0.2, -0.15) is 13.2 Å². The third-order valence-corrected chi connectivity index (χ3v) is 2.72. The van der Waals surface area contributed by atoms with Crippen molar-refractivity contribution in [3.8, 4) is 0 Å². The van der Waals surface area contributed by atoms with Crippen LogP contribution in [0.1, 0.15) is 31.4 Å². The quantitative estimate of drug-likeness (QED) is 0.746. The number of hydrogen-bond acceptors (Lipinski definition) is 2. The summed E-state index contributed by atoms with van der Waals surface area (Å²) in [7, 11) is 0. The van der Waals surface area contributed by atoms with Gasteiger partial charge < -0.3 is 10.6 Å². The SMILES string of the molecule is CC(C)NCCCNCc1ccccc1C(F)(F)F. The van der Waals surface area contributed by atoms with Crippen molar-refractivity contribution >= 4 is 0 Å². The summed E-state index contributed by atoms with van der Waals surface area (Å²) in [5.74, 6) is 0. The maximum atomic E-state index is 12.7. The highest BCUT2D eigenvalue weighted by Gasteiger charge is 2.32. The molecule has 0 aromatic heterocycles. The number of halogens is 3. The van der Waals surface area contributed by atoms with Crippen molar-refractivity contribution in [2.24, 2.45) is 0 Å². The highest BCUT2D eigenvalue weighted by molar-refractivity contribution is 5.29. The Bertz CT molecular complexity index is 375. The van der Waals surface area contributed by atoms with Crippen LogP contribution >= 0.6 is 0 Å². The minimum atomic E-state index is -4.28. The van der Waals surface area contributed by atoms with Crippen molar-refractivity contribution < 1.29 is 13.2 Å². The van der Waals surface area contributed by atoms with Crippen molar-refractivity contribution in [1.82, 2.24) is 10.6 Å². The molecule has 0 aliphatic carbocycles. The number of nitrogens with one attached hydrogen (secondary N) is 2. The molecular weight excluding hydrogens is 253 g/mol. The molecule has 0 aliphatic rings. The molecule has 0 radical (unpaired) electrons. The molecule has 1 rings (SSSR count). The van der Waals surface area contributed by atoms with E-state index >= 15 is 0 Å². The summed E-state index contributed by atoms with van der Waals surface area (Å²) >= 11 is 0. The van der Waals surface area contributed by atoms with E-state index in [0.717, 1.165) is 19.0 Å². The lowest BCUT2D eigenvalue weighted by atomic mass is 10.1. The molecule has 0 bridgehead atoms. The van der Waals surface area contributed by atoms with Crippen LogP contribution in [0.15, 0.2) is 24.3 Å². The summed E-state index contributed by atoms with van der Waals surface area (Å²) in [4.78, 5) is 0. The average Bonchev–Trinajstić information content (AvgIpc) is 2.32. The molecule has 2 nitrogen and oxygen atoms in total. The highest BCUT2D eigenvalue weighted by Crippen LogP contribution is 2.31. The summed E-state index contributed by atoms with van der Waals surface area (Å²) in [5.41, 5.74) is -0.255. The number of alkyl halides is 3. The predicted octanol–water partition coefficient (Wildman–Crippen LogP) is 3.18. The minimum Gasteiger partial charge on any atom is -0.314 e. The standard InChI is InChI=1S/C14H21F3N2/c1-11(2)19-9-5-8-18-10-12-6-3-4-7-13(12)14(15,16)17/h3-4,6-7,11,18-19H,5,8-10H2,1-2H3. The predicted molar refractivity (Wildman–Crippen MR) is 70.9 cm³/mol. The van der Waals surface area contributed by atoms with E-state index in [9.17, 15) is 13.2 Å². The van der Waals surface area contributed by atoms with Crippen LogP contribution in [-0.4, -0.2) is 19.1 Å². The van der Waals surface area contributed by atoms with Crippen molar-refractivity contribution in [1.29, 1.82) is 0 Å². The van der Waals surface area contributed by atoms with Crippen LogP contribution in [0.5, 0.6) is 0 Å². The van der Waals surface area contributed by atoms with Gasteiger partial charge >= 0.3 is 6.18 Å². The van der Waals surface area contributed by atoms with Gasteiger partial charge in [-0.25, -0.2) is 0 Å². The van der Waals surface area contributed by atoms with Gasteiger partial charge in [-0.1, -0.05) is 32.0 Å². The molecular formula is C14H21F3N2. The molecule has 2 N–H and O–H groups in total. The summed E-state index contributed by atoms with van der Waals surface area (Å²) in [6.45, 7) is 5.94.